The van der Waals surface area contributed by atoms with Crippen molar-refractivity contribution in [2.45, 2.75) is 51.9 Å². The van der Waals surface area contributed by atoms with Gasteiger partial charge in [-0.05, 0) is 83.6 Å². The van der Waals surface area contributed by atoms with Gasteiger partial charge in [-0.3, -0.25) is 0 Å². The van der Waals surface area contributed by atoms with Gasteiger partial charge in [0.1, 0.15) is 11.3 Å². The lowest BCUT2D eigenvalue weighted by Crippen LogP contribution is -2.61. The molecular formula is C42H35BN2O2. The van der Waals surface area contributed by atoms with E-state index in [1.807, 2.05) is 6.07 Å². The van der Waals surface area contributed by atoms with Crippen molar-refractivity contribution in [3.05, 3.63) is 126 Å². The van der Waals surface area contributed by atoms with Crippen molar-refractivity contribution < 1.29 is 8.83 Å². The summed E-state index contributed by atoms with van der Waals surface area (Å²) in [5, 5.41) is 2.27. The van der Waals surface area contributed by atoms with E-state index in [1.165, 1.54) is 69.1 Å². The third-order valence-corrected chi connectivity index (χ3v) is 10.6. The minimum Gasteiger partial charge on any atom is -0.473 e. The van der Waals surface area contributed by atoms with Crippen LogP contribution in [0.15, 0.2) is 118 Å². The fraction of sp³-hybridized carbons (Fsp3) is 0.190. The molecule has 0 bridgehead atoms. The first-order chi connectivity index (χ1) is 23.0. The molecule has 0 radical (unpaired) electrons. The van der Waals surface area contributed by atoms with Gasteiger partial charge < -0.3 is 18.6 Å². The summed E-state index contributed by atoms with van der Waals surface area (Å²) in [6, 6.07) is 39.6. The number of nitrogens with zero attached hydrogens (tertiary/aromatic N) is 2. The van der Waals surface area contributed by atoms with E-state index in [2.05, 4.69) is 134 Å². The van der Waals surface area contributed by atoms with Crippen LogP contribution in [-0.4, -0.2) is 6.71 Å². The van der Waals surface area contributed by atoms with Crippen LogP contribution in [0.25, 0.3) is 21.9 Å². The lowest BCUT2D eigenvalue weighted by Gasteiger charge is -2.43. The Morgan fingerprint density at radius 1 is 0.638 bits per heavy atom. The van der Waals surface area contributed by atoms with Crippen LogP contribution in [0.3, 0.4) is 0 Å². The molecular weight excluding hydrogens is 575 g/mol. The fourth-order valence-corrected chi connectivity index (χ4v) is 8.36. The molecule has 0 amide bonds. The second-order valence-corrected chi connectivity index (χ2v) is 14.4. The normalized spacial score (nSPS) is 15.1. The molecule has 7 aromatic rings. The van der Waals surface area contributed by atoms with Crippen LogP contribution >= 0.6 is 0 Å². The zero-order chi connectivity index (χ0) is 31.4. The van der Waals surface area contributed by atoms with Gasteiger partial charge in [0.15, 0.2) is 5.58 Å². The first-order valence-corrected chi connectivity index (χ1v) is 16.9. The molecule has 0 fully saturated rings. The third kappa shape index (κ3) is 3.77. The van der Waals surface area contributed by atoms with Crippen molar-refractivity contribution in [3.8, 4) is 0 Å². The average Bonchev–Trinajstić information content (AvgIpc) is 3.67. The number of furan rings is 2. The summed E-state index contributed by atoms with van der Waals surface area (Å²) in [4.78, 5) is 4.98. The molecule has 10 rings (SSSR count). The first kappa shape index (κ1) is 27.0. The molecule has 2 aliphatic heterocycles. The lowest BCUT2D eigenvalue weighted by atomic mass is 9.35. The average molecular weight is 611 g/mol. The molecule has 3 aliphatic rings. The molecule has 4 heterocycles. The smallest absolute Gasteiger partial charge is 0.297 e. The third-order valence-electron chi connectivity index (χ3n) is 10.6. The Morgan fingerprint density at radius 3 is 2.19 bits per heavy atom. The molecule has 47 heavy (non-hydrogen) atoms. The number of fused-ring (bicyclic) bond motifs is 9. The van der Waals surface area contributed by atoms with E-state index >= 15 is 0 Å². The van der Waals surface area contributed by atoms with Crippen molar-refractivity contribution in [2.75, 3.05) is 9.80 Å². The van der Waals surface area contributed by atoms with Gasteiger partial charge >= 0.3 is 0 Å². The number of hydrogen-bond donors (Lipinski definition) is 0. The zero-order valence-corrected chi connectivity index (χ0v) is 27.0. The first-order valence-electron chi connectivity index (χ1n) is 16.9. The minimum absolute atomic E-state index is 0.0168. The van der Waals surface area contributed by atoms with Gasteiger partial charge in [-0.2, -0.15) is 0 Å². The van der Waals surface area contributed by atoms with Crippen LogP contribution in [0.4, 0.5) is 34.1 Å². The monoisotopic (exact) mass is 610 g/mol. The van der Waals surface area contributed by atoms with Gasteiger partial charge in [0, 0.05) is 45.5 Å². The molecule has 0 spiro atoms. The molecule has 1 aliphatic carbocycles. The van der Waals surface area contributed by atoms with Crippen molar-refractivity contribution in [2.24, 2.45) is 0 Å². The minimum atomic E-state index is -0.0759. The molecule has 0 atom stereocenters. The molecule has 0 saturated heterocycles. The van der Waals surface area contributed by atoms with Crippen molar-refractivity contribution in [3.63, 3.8) is 0 Å². The molecule has 5 aromatic carbocycles. The second kappa shape index (κ2) is 9.68. The largest absolute Gasteiger partial charge is 0.473 e. The maximum absolute atomic E-state index is 7.06. The Balaban J connectivity index is 1.34. The SMILES string of the molecule is CC(C)(C)c1cc2c3c(c1)N(c1cccc4c1oc1ccccc14)c1ccccc1B3c1oc3c(c1N2c1ccccc1)CCCC3. The van der Waals surface area contributed by atoms with E-state index in [0.29, 0.717) is 0 Å². The van der Waals surface area contributed by atoms with Crippen LogP contribution < -0.4 is 26.4 Å². The van der Waals surface area contributed by atoms with Crippen LogP contribution in [0, 0.1) is 0 Å². The van der Waals surface area contributed by atoms with E-state index in [1.54, 1.807) is 0 Å². The van der Waals surface area contributed by atoms with Crippen LogP contribution in [0.2, 0.25) is 0 Å². The molecule has 0 N–H and O–H groups in total. The summed E-state index contributed by atoms with van der Waals surface area (Å²) < 4.78 is 13.7. The molecule has 228 valence electrons. The summed E-state index contributed by atoms with van der Waals surface area (Å²) in [6.45, 7) is 6.94. The highest BCUT2D eigenvalue weighted by Crippen LogP contribution is 2.49. The molecule has 0 unspecified atom stereocenters. The van der Waals surface area contributed by atoms with Crippen molar-refractivity contribution in [1.82, 2.24) is 0 Å². The highest BCUT2D eigenvalue weighted by atomic mass is 16.3. The van der Waals surface area contributed by atoms with Crippen LogP contribution in [0.1, 0.15) is 50.5 Å². The topological polar surface area (TPSA) is 32.8 Å². The molecule has 4 nitrogen and oxygen atoms in total. The second-order valence-electron chi connectivity index (χ2n) is 14.4. The van der Waals surface area contributed by atoms with Gasteiger partial charge in [0.25, 0.3) is 6.71 Å². The molecule has 0 saturated carbocycles. The van der Waals surface area contributed by atoms with Crippen molar-refractivity contribution >= 4 is 79.4 Å². The van der Waals surface area contributed by atoms with E-state index in [0.717, 1.165) is 46.1 Å². The Labute approximate surface area is 275 Å². The number of anilines is 6. The Hall–Kier alpha value is -5.16. The predicted molar refractivity (Wildman–Crippen MR) is 195 cm³/mol. The van der Waals surface area contributed by atoms with Gasteiger partial charge in [-0.15, -0.1) is 0 Å². The van der Waals surface area contributed by atoms with E-state index in [-0.39, 0.29) is 12.1 Å². The number of para-hydroxylation sites is 4. The molecule has 5 heteroatoms. The number of benzene rings is 5. The van der Waals surface area contributed by atoms with Crippen molar-refractivity contribution in [1.29, 1.82) is 0 Å². The van der Waals surface area contributed by atoms with Gasteiger partial charge in [0.05, 0.1) is 17.0 Å². The maximum atomic E-state index is 7.06. The number of hydrogen-bond acceptors (Lipinski definition) is 4. The van der Waals surface area contributed by atoms with Gasteiger partial charge in [-0.25, -0.2) is 0 Å². The van der Waals surface area contributed by atoms with Crippen LogP contribution in [0.5, 0.6) is 0 Å². The van der Waals surface area contributed by atoms with Gasteiger partial charge in [0.2, 0.25) is 0 Å². The zero-order valence-electron chi connectivity index (χ0n) is 27.0. The van der Waals surface area contributed by atoms with E-state index < -0.39 is 0 Å². The quantitative estimate of drug-likeness (QED) is 0.183. The summed E-state index contributed by atoms with van der Waals surface area (Å²) >= 11 is 0. The Morgan fingerprint density at radius 2 is 1.34 bits per heavy atom. The Kier molecular flexibility index (Phi) is 5.56. The predicted octanol–water partition coefficient (Wildman–Crippen LogP) is 9.44. The van der Waals surface area contributed by atoms with Gasteiger partial charge in [-0.1, -0.05) is 87.5 Å². The summed E-state index contributed by atoms with van der Waals surface area (Å²) in [6.07, 6.45) is 4.41. The Bertz CT molecular complexity index is 2380. The molecule has 2 aromatic heterocycles. The van der Waals surface area contributed by atoms with E-state index in [9.17, 15) is 0 Å². The summed E-state index contributed by atoms with van der Waals surface area (Å²) in [5.74, 6) is 1.17. The van der Waals surface area contributed by atoms with E-state index in [4.69, 9.17) is 8.83 Å². The number of aryl methyl sites for hydroxylation is 1. The summed E-state index contributed by atoms with van der Waals surface area (Å²) in [5.41, 5.74) is 15.1. The lowest BCUT2D eigenvalue weighted by molar-refractivity contribution is 0.497. The highest BCUT2D eigenvalue weighted by molar-refractivity contribution is 6.99. The highest BCUT2D eigenvalue weighted by Gasteiger charge is 2.48. The summed E-state index contributed by atoms with van der Waals surface area (Å²) in [7, 11) is 0. The van der Waals surface area contributed by atoms with Crippen LogP contribution in [-0.2, 0) is 18.3 Å². The number of rotatable bonds is 2. The standard InChI is InChI=1S/C42H35BN2O2/c1-42(2,3)26-24-34-38-35(25-26)45(33-21-13-18-29-28-16-7-11-22-36(28)46-40(29)33)32-20-10-9-19-31(32)43(38)41-39(30-17-8-12-23-37(30)47-41)44(34)27-14-5-4-6-15-27/h4-7,9-11,13-16,18-22,24-25H,8,12,17,23H2,1-3H3. The fourth-order valence-electron chi connectivity index (χ4n) is 8.36. The maximum Gasteiger partial charge on any atom is 0.297 e.